The minimum absolute atomic E-state index is 0.0853. The van der Waals surface area contributed by atoms with Gasteiger partial charge in [-0.3, -0.25) is 4.79 Å². The first-order chi connectivity index (χ1) is 10.2. The predicted octanol–water partition coefficient (Wildman–Crippen LogP) is 1.03. The third kappa shape index (κ3) is 5.09. The molecule has 0 aromatic carbocycles. The van der Waals surface area contributed by atoms with E-state index < -0.39 is 0 Å². The van der Waals surface area contributed by atoms with E-state index in [1.807, 2.05) is 0 Å². The Balaban J connectivity index is 1.78. The zero-order valence-electron chi connectivity index (χ0n) is 12.7. The van der Waals surface area contributed by atoms with Gasteiger partial charge in [0.1, 0.15) is 0 Å². The molecule has 2 heterocycles. The molecule has 0 N–H and O–H groups in total. The molecule has 118 valence electrons. The standard InChI is InChI=1S/C14H23N3O4/c1-17(14(18)8-11-4-3-6-20-10-11)9-13-15-12(16-21-13)5-7-19-2/h11H,3-10H2,1-2H3. The molecule has 2 rings (SSSR count). The Kier molecular flexibility index (Phi) is 6.13. The van der Waals surface area contributed by atoms with Gasteiger partial charge in [-0.2, -0.15) is 4.98 Å². The van der Waals surface area contributed by atoms with E-state index in [-0.39, 0.29) is 5.91 Å². The van der Waals surface area contributed by atoms with Crippen molar-refractivity contribution in [2.75, 3.05) is 34.0 Å². The minimum atomic E-state index is 0.0853. The summed E-state index contributed by atoms with van der Waals surface area (Å²) in [5.41, 5.74) is 0. The summed E-state index contributed by atoms with van der Waals surface area (Å²) in [7, 11) is 3.38. The van der Waals surface area contributed by atoms with E-state index in [9.17, 15) is 4.79 Å². The van der Waals surface area contributed by atoms with Crippen LogP contribution in [0.1, 0.15) is 31.0 Å². The summed E-state index contributed by atoms with van der Waals surface area (Å²) in [4.78, 5) is 18.0. The van der Waals surface area contributed by atoms with Gasteiger partial charge in [0.05, 0.1) is 13.2 Å². The second-order valence-corrected chi connectivity index (χ2v) is 5.38. The van der Waals surface area contributed by atoms with Gasteiger partial charge in [0.25, 0.3) is 0 Å². The maximum atomic E-state index is 12.2. The van der Waals surface area contributed by atoms with E-state index in [2.05, 4.69) is 10.1 Å². The normalized spacial score (nSPS) is 18.7. The van der Waals surface area contributed by atoms with E-state index in [4.69, 9.17) is 14.0 Å². The molecule has 0 spiro atoms. The summed E-state index contributed by atoms with van der Waals surface area (Å²) in [6.45, 7) is 2.38. The highest BCUT2D eigenvalue weighted by molar-refractivity contribution is 5.76. The van der Waals surface area contributed by atoms with Crippen LogP contribution in [0.5, 0.6) is 0 Å². The lowest BCUT2D eigenvalue weighted by molar-refractivity contribution is -0.132. The molecule has 7 heteroatoms. The third-order valence-electron chi connectivity index (χ3n) is 3.56. The molecule has 1 amide bonds. The Hall–Kier alpha value is -1.47. The number of aromatic nitrogens is 2. The minimum Gasteiger partial charge on any atom is -0.384 e. The maximum Gasteiger partial charge on any atom is 0.246 e. The van der Waals surface area contributed by atoms with Crippen LogP contribution in [0.25, 0.3) is 0 Å². The number of nitrogens with zero attached hydrogens (tertiary/aromatic N) is 3. The van der Waals surface area contributed by atoms with Crippen LogP contribution in [0, 0.1) is 5.92 Å². The monoisotopic (exact) mass is 297 g/mol. The van der Waals surface area contributed by atoms with Gasteiger partial charge in [-0.15, -0.1) is 0 Å². The SMILES string of the molecule is COCCc1noc(CN(C)C(=O)CC2CCCOC2)n1. The van der Waals surface area contributed by atoms with Gasteiger partial charge < -0.3 is 18.9 Å². The molecule has 0 saturated carbocycles. The highest BCUT2D eigenvalue weighted by Crippen LogP contribution is 2.18. The molecule has 7 nitrogen and oxygen atoms in total. The second kappa shape index (κ2) is 8.09. The summed E-state index contributed by atoms with van der Waals surface area (Å²) in [5.74, 6) is 1.47. The number of rotatable bonds is 7. The van der Waals surface area contributed by atoms with Crippen LogP contribution in [0.15, 0.2) is 4.52 Å². The summed E-state index contributed by atoms with van der Waals surface area (Å²) in [6, 6.07) is 0. The van der Waals surface area contributed by atoms with Gasteiger partial charge in [-0.25, -0.2) is 0 Å². The van der Waals surface area contributed by atoms with E-state index >= 15 is 0 Å². The molecular formula is C14H23N3O4. The number of hydrogen-bond donors (Lipinski definition) is 0. The molecule has 21 heavy (non-hydrogen) atoms. The van der Waals surface area contributed by atoms with Crippen LogP contribution in [-0.4, -0.2) is 54.9 Å². The molecule has 0 radical (unpaired) electrons. The molecule has 1 aliphatic heterocycles. The van der Waals surface area contributed by atoms with Crippen molar-refractivity contribution in [1.82, 2.24) is 15.0 Å². The van der Waals surface area contributed by atoms with E-state index in [1.54, 1.807) is 19.1 Å². The lowest BCUT2D eigenvalue weighted by Gasteiger charge is -2.23. The van der Waals surface area contributed by atoms with Crippen molar-refractivity contribution in [2.45, 2.75) is 32.2 Å². The summed E-state index contributed by atoms with van der Waals surface area (Å²) in [6.07, 6.45) is 3.22. The van der Waals surface area contributed by atoms with Gasteiger partial charge in [-0.05, 0) is 18.8 Å². The van der Waals surface area contributed by atoms with Crippen molar-refractivity contribution in [3.63, 3.8) is 0 Å². The quantitative estimate of drug-likeness (QED) is 0.748. The van der Waals surface area contributed by atoms with Gasteiger partial charge in [0, 0.05) is 40.2 Å². The first-order valence-electron chi connectivity index (χ1n) is 7.31. The zero-order valence-corrected chi connectivity index (χ0v) is 12.7. The van der Waals surface area contributed by atoms with E-state index in [0.717, 1.165) is 19.4 Å². The molecule has 1 fully saturated rings. The first-order valence-corrected chi connectivity index (χ1v) is 7.31. The highest BCUT2D eigenvalue weighted by atomic mass is 16.5. The lowest BCUT2D eigenvalue weighted by atomic mass is 9.98. The van der Waals surface area contributed by atoms with E-state index in [1.165, 1.54) is 0 Å². The lowest BCUT2D eigenvalue weighted by Crippen LogP contribution is -2.30. The molecule has 1 aromatic heterocycles. The van der Waals surface area contributed by atoms with Gasteiger partial charge >= 0.3 is 0 Å². The largest absolute Gasteiger partial charge is 0.384 e. The molecule has 1 aliphatic rings. The summed E-state index contributed by atoms with van der Waals surface area (Å²) in [5, 5.41) is 3.86. The molecule has 0 aliphatic carbocycles. The fourth-order valence-electron chi connectivity index (χ4n) is 2.31. The number of hydrogen-bond acceptors (Lipinski definition) is 6. The number of amides is 1. The Morgan fingerprint density at radius 1 is 1.52 bits per heavy atom. The molecule has 1 unspecified atom stereocenters. The number of ether oxygens (including phenoxy) is 2. The van der Waals surface area contributed by atoms with Crippen LogP contribution in [0.3, 0.4) is 0 Å². The average Bonchev–Trinajstić information content (AvgIpc) is 2.93. The Morgan fingerprint density at radius 2 is 2.38 bits per heavy atom. The summed E-state index contributed by atoms with van der Waals surface area (Å²) < 4.78 is 15.5. The number of carbonyl (C=O) groups excluding carboxylic acids is 1. The topological polar surface area (TPSA) is 77.7 Å². The van der Waals surface area contributed by atoms with Gasteiger partial charge in [-0.1, -0.05) is 5.16 Å². The van der Waals surface area contributed by atoms with Crippen molar-refractivity contribution < 1.29 is 18.8 Å². The molecular weight excluding hydrogens is 274 g/mol. The molecule has 1 aromatic rings. The Morgan fingerprint density at radius 3 is 3.10 bits per heavy atom. The fourth-order valence-corrected chi connectivity index (χ4v) is 2.31. The predicted molar refractivity (Wildman–Crippen MR) is 74.5 cm³/mol. The average molecular weight is 297 g/mol. The van der Waals surface area contributed by atoms with Crippen molar-refractivity contribution in [2.24, 2.45) is 5.92 Å². The van der Waals surface area contributed by atoms with Gasteiger partial charge in [0.2, 0.25) is 11.8 Å². The smallest absolute Gasteiger partial charge is 0.246 e. The molecule has 1 saturated heterocycles. The highest BCUT2D eigenvalue weighted by Gasteiger charge is 2.21. The summed E-state index contributed by atoms with van der Waals surface area (Å²) >= 11 is 0. The maximum absolute atomic E-state index is 12.2. The first kappa shape index (κ1) is 15.9. The Labute approximate surface area is 124 Å². The van der Waals surface area contributed by atoms with Crippen molar-refractivity contribution in [3.05, 3.63) is 11.7 Å². The fraction of sp³-hybridized carbons (Fsp3) is 0.786. The van der Waals surface area contributed by atoms with Crippen molar-refractivity contribution in [1.29, 1.82) is 0 Å². The Bertz CT molecular complexity index is 443. The number of carbonyl (C=O) groups is 1. The molecule has 0 bridgehead atoms. The number of methoxy groups -OCH3 is 1. The zero-order chi connectivity index (χ0) is 15.1. The van der Waals surface area contributed by atoms with Crippen LogP contribution in [-0.2, 0) is 27.2 Å². The second-order valence-electron chi connectivity index (χ2n) is 5.38. The third-order valence-corrected chi connectivity index (χ3v) is 3.56. The van der Waals surface area contributed by atoms with Crippen LogP contribution in [0.4, 0.5) is 0 Å². The van der Waals surface area contributed by atoms with Crippen molar-refractivity contribution >= 4 is 5.91 Å². The molecule has 1 atom stereocenters. The van der Waals surface area contributed by atoms with Crippen LogP contribution < -0.4 is 0 Å². The van der Waals surface area contributed by atoms with E-state index in [0.29, 0.717) is 50.2 Å². The van der Waals surface area contributed by atoms with Gasteiger partial charge in [0.15, 0.2) is 5.82 Å². The van der Waals surface area contributed by atoms with Crippen molar-refractivity contribution in [3.8, 4) is 0 Å². The van der Waals surface area contributed by atoms with Crippen LogP contribution >= 0.6 is 0 Å². The van der Waals surface area contributed by atoms with Crippen LogP contribution in [0.2, 0.25) is 0 Å².